The zero-order valence-corrected chi connectivity index (χ0v) is 27.4. The molecule has 0 amide bonds. The first-order valence-corrected chi connectivity index (χ1v) is 17.2. The van der Waals surface area contributed by atoms with E-state index in [4.69, 9.17) is 0 Å². The molecule has 0 atom stereocenters. The molecule has 10 aromatic rings. The lowest BCUT2D eigenvalue weighted by atomic mass is 10.0. The Morgan fingerprint density at radius 3 is 1.34 bits per heavy atom. The van der Waals surface area contributed by atoms with Crippen molar-refractivity contribution in [2.24, 2.45) is 0 Å². The minimum Gasteiger partial charge on any atom is -0.309 e. The predicted octanol–water partition coefficient (Wildman–Crippen LogP) is 12.9. The molecular formula is C48H32N2. The van der Waals surface area contributed by atoms with Gasteiger partial charge in [0.1, 0.15) is 0 Å². The van der Waals surface area contributed by atoms with Gasteiger partial charge in [0.15, 0.2) is 0 Å². The number of benzene rings is 8. The summed E-state index contributed by atoms with van der Waals surface area (Å²) in [6.45, 7) is 0. The summed E-state index contributed by atoms with van der Waals surface area (Å²) in [6.07, 6.45) is 0. The summed E-state index contributed by atoms with van der Waals surface area (Å²) in [5, 5.41) is 5.05. The van der Waals surface area contributed by atoms with Crippen LogP contribution in [-0.4, -0.2) is 9.13 Å². The van der Waals surface area contributed by atoms with Gasteiger partial charge in [-0.25, -0.2) is 0 Å². The Kier molecular flexibility index (Phi) is 6.53. The van der Waals surface area contributed by atoms with Crippen LogP contribution in [0, 0.1) is 0 Å². The maximum absolute atomic E-state index is 2.45. The molecule has 0 radical (unpaired) electrons. The van der Waals surface area contributed by atoms with Crippen LogP contribution >= 0.6 is 0 Å². The molecule has 10 rings (SSSR count). The molecule has 234 valence electrons. The standard InChI is InChI=1S/C48H32N2/c1-4-13-33(14-5-1)36-23-26-39(27-24-36)49-43-22-11-10-21-41(43)47-45(49)29-30-46-48(47)42-32-38(35-17-8-3-9-18-35)25-28-44(42)50(46)40-20-12-19-37(31-40)34-15-6-2-7-16-34/h1-32H. The average Bonchev–Trinajstić information content (AvgIpc) is 3.71. The lowest BCUT2D eigenvalue weighted by Gasteiger charge is -2.11. The fourth-order valence-electron chi connectivity index (χ4n) is 7.82. The second kappa shape index (κ2) is 11.5. The molecule has 0 aliphatic rings. The largest absolute Gasteiger partial charge is 0.309 e. The Morgan fingerprint density at radius 1 is 0.240 bits per heavy atom. The number of aromatic nitrogens is 2. The Bertz CT molecular complexity index is 2820. The van der Waals surface area contributed by atoms with Crippen LogP contribution in [0.1, 0.15) is 0 Å². The lowest BCUT2D eigenvalue weighted by Crippen LogP contribution is -1.95. The van der Waals surface area contributed by atoms with Gasteiger partial charge in [-0.1, -0.05) is 140 Å². The number of nitrogens with zero attached hydrogens (tertiary/aromatic N) is 2. The first-order chi connectivity index (χ1) is 24.8. The van der Waals surface area contributed by atoms with E-state index in [1.165, 1.54) is 77.0 Å². The van der Waals surface area contributed by atoms with Crippen molar-refractivity contribution in [1.29, 1.82) is 0 Å². The predicted molar refractivity (Wildman–Crippen MR) is 211 cm³/mol. The van der Waals surface area contributed by atoms with Crippen LogP contribution < -0.4 is 0 Å². The van der Waals surface area contributed by atoms with E-state index < -0.39 is 0 Å². The van der Waals surface area contributed by atoms with Crippen molar-refractivity contribution in [1.82, 2.24) is 9.13 Å². The number of fused-ring (bicyclic) bond motifs is 7. The van der Waals surface area contributed by atoms with E-state index in [1.807, 2.05) is 0 Å². The molecule has 2 aromatic heterocycles. The Hall–Kier alpha value is -6.64. The van der Waals surface area contributed by atoms with E-state index in [0.717, 1.165) is 11.4 Å². The highest BCUT2D eigenvalue weighted by Crippen LogP contribution is 2.43. The Morgan fingerprint density at radius 2 is 0.680 bits per heavy atom. The summed E-state index contributed by atoms with van der Waals surface area (Å²) >= 11 is 0. The number of hydrogen-bond acceptors (Lipinski definition) is 0. The molecule has 0 aliphatic heterocycles. The van der Waals surface area contributed by atoms with Crippen molar-refractivity contribution in [3.8, 4) is 44.8 Å². The van der Waals surface area contributed by atoms with Crippen LogP contribution in [0.3, 0.4) is 0 Å². The van der Waals surface area contributed by atoms with E-state index in [0.29, 0.717) is 0 Å². The zero-order chi connectivity index (χ0) is 33.0. The summed E-state index contributed by atoms with van der Waals surface area (Å²) in [4.78, 5) is 0. The number of rotatable bonds is 5. The molecule has 2 nitrogen and oxygen atoms in total. The van der Waals surface area contributed by atoms with Crippen molar-refractivity contribution in [3.05, 3.63) is 194 Å². The van der Waals surface area contributed by atoms with Crippen molar-refractivity contribution < 1.29 is 0 Å². The van der Waals surface area contributed by atoms with Crippen molar-refractivity contribution in [2.45, 2.75) is 0 Å². The SMILES string of the molecule is c1ccc(-c2ccc(-n3c4ccccc4c4c5c6cc(-c7ccccc7)ccc6n(-c6cccc(-c7ccccc7)c6)c5ccc43)cc2)cc1. The van der Waals surface area contributed by atoms with Crippen molar-refractivity contribution in [3.63, 3.8) is 0 Å². The molecule has 0 spiro atoms. The third kappa shape index (κ3) is 4.50. The second-order valence-electron chi connectivity index (χ2n) is 13.0. The first kappa shape index (κ1) is 28.4. The highest BCUT2D eigenvalue weighted by Gasteiger charge is 2.21. The highest BCUT2D eigenvalue weighted by molar-refractivity contribution is 6.29. The van der Waals surface area contributed by atoms with E-state index in [9.17, 15) is 0 Å². The van der Waals surface area contributed by atoms with E-state index >= 15 is 0 Å². The van der Waals surface area contributed by atoms with Gasteiger partial charge in [0.05, 0.1) is 22.1 Å². The van der Waals surface area contributed by atoms with Gasteiger partial charge in [-0.05, 0) is 88.0 Å². The minimum atomic E-state index is 1.15. The molecule has 0 saturated heterocycles. The van der Waals surface area contributed by atoms with E-state index in [1.54, 1.807) is 0 Å². The average molecular weight is 637 g/mol. The van der Waals surface area contributed by atoms with Gasteiger partial charge < -0.3 is 9.13 Å². The topological polar surface area (TPSA) is 9.86 Å². The molecule has 0 fully saturated rings. The molecule has 0 N–H and O–H groups in total. The van der Waals surface area contributed by atoms with Gasteiger partial charge in [-0.2, -0.15) is 0 Å². The Labute approximate surface area is 290 Å². The minimum absolute atomic E-state index is 1.15. The molecule has 0 unspecified atom stereocenters. The number of hydrogen-bond donors (Lipinski definition) is 0. The molecular weight excluding hydrogens is 605 g/mol. The molecule has 50 heavy (non-hydrogen) atoms. The molecule has 2 heterocycles. The van der Waals surface area contributed by atoms with Crippen LogP contribution in [0.2, 0.25) is 0 Å². The smallest absolute Gasteiger partial charge is 0.0548 e. The van der Waals surface area contributed by atoms with Gasteiger partial charge in [-0.15, -0.1) is 0 Å². The summed E-state index contributed by atoms with van der Waals surface area (Å²) in [6, 6.07) is 70.3. The maximum atomic E-state index is 2.45. The Balaban J connectivity index is 1.28. The highest BCUT2D eigenvalue weighted by atomic mass is 15.0. The van der Waals surface area contributed by atoms with Crippen LogP contribution in [0.25, 0.3) is 88.4 Å². The quantitative estimate of drug-likeness (QED) is 0.178. The fraction of sp³-hybridized carbons (Fsp3) is 0. The molecule has 2 heteroatoms. The van der Waals surface area contributed by atoms with E-state index in [-0.39, 0.29) is 0 Å². The molecule has 0 saturated carbocycles. The summed E-state index contributed by atoms with van der Waals surface area (Å²) in [7, 11) is 0. The molecule has 0 aliphatic carbocycles. The lowest BCUT2D eigenvalue weighted by molar-refractivity contribution is 1.17. The van der Waals surface area contributed by atoms with Crippen LogP contribution in [-0.2, 0) is 0 Å². The maximum Gasteiger partial charge on any atom is 0.0548 e. The monoisotopic (exact) mass is 636 g/mol. The summed E-state index contributed by atoms with van der Waals surface area (Å²) in [5.74, 6) is 0. The molecule has 8 aromatic carbocycles. The number of para-hydroxylation sites is 1. The van der Waals surface area contributed by atoms with Crippen molar-refractivity contribution in [2.75, 3.05) is 0 Å². The van der Waals surface area contributed by atoms with Gasteiger partial charge in [-0.3, -0.25) is 0 Å². The van der Waals surface area contributed by atoms with Gasteiger partial charge >= 0.3 is 0 Å². The van der Waals surface area contributed by atoms with Crippen LogP contribution in [0.4, 0.5) is 0 Å². The summed E-state index contributed by atoms with van der Waals surface area (Å²) in [5.41, 5.74) is 14.4. The second-order valence-corrected chi connectivity index (χ2v) is 13.0. The van der Waals surface area contributed by atoms with Crippen LogP contribution in [0.5, 0.6) is 0 Å². The third-order valence-corrected chi connectivity index (χ3v) is 10.1. The summed E-state index contributed by atoms with van der Waals surface area (Å²) < 4.78 is 4.88. The molecule has 0 bridgehead atoms. The van der Waals surface area contributed by atoms with Gasteiger partial charge in [0.2, 0.25) is 0 Å². The third-order valence-electron chi connectivity index (χ3n) is 10.1. The zero-order valence-electron chi connectivity index (χ0n) is 27.4. The first-order valence-electron chi connectivity index (χ1n) is 17.2. The van der Waals surface area contributed by atoms with Crippen molar-refractivity contribution >= 4 is 43.6 Å². The van der Waals surface area contributed by atoms with Crippen LogP contribution in [0.15, 0.2) is 194 Å². The fourth-order valence-corrected chi connectivity index (χ4v) is 7.82. The van der Waals surface area contributed by atoms with Gasteiger partial charge in [0, 0.05) is 32.9 Å². The normalized spacial score (nSPS) is 11.6. The van der Waals surface area contributed by atoms with Gasteiger partial charge in [0.25, 0.3) is 0 Å². The van der Waals surface area contributed by atoms with E-state index in [2.05, 4.69) is 203 Å².